The summed E-state index contributed by atoms with van der Waals surface area (Å²) in [5.74, 6) is -0.645. The monoisotopic (exact) mass is 262 g/mol. The van der Waals surface area contributed by atoms with Crippen molar-refractivity contribution in [2.75, 3.05) is 0 Å². The summed E-state index contributed by atoms with van der Waals surface area (Å²) in [6, 6.07) is 8.78. The summed E-state index contributed by atoms with van der Waals surface area (Å²) in [5.41, 5.74) is 13.6. The number of hydrogen-bond donors (Lipinski definition) is 3. The molecule has 18 heavy (non-hydrogen) atoms. The van der Waals surface area contributed by atoms with Crippen LogP contribution in [0.1, 0.15) is 10.4 Å². The first-order valence-electron chi connectivity index (χ1n) is 5.00. The van der Waals surface area contributed by atoms with Crippen molar-refractivity contribution in [3.05, 3.63) is 41.4 Å². The molecule has 1 heterocycles. The fourth-order valence-electron chi connectivity index (χ4n) is 1.43. The van der Waals surface area contributed by atoms with Gasteiger partial charge in [-0.1, -0.05) is 18.2 Å². The van der Waals surface area contributed by atoms with Crippen LogP contribution in [0.5, 0.6) is 0 Å². The van der Waals surface area contributed by atoms with E-state index in [4.69, 9.17) is 15.9 Å². The van der Waals surface area contributed by atoms with E-state index in [1.165, 1.54) is 0 Å². The lowest BCUT2D eigenvalue weighted by Crippen LogP contribution is -2.29. The molecule has 1 aromatic heterocycles. The number of primary amides is 1. The molecule has 0 aliphatic rings. The minimum absolute atomic E-state index is 0.0335. The Morgan fingerprint density at radius 3 is 2.72 bits per heavy atom. The first-order valence-corrected chi connectivity index (χ1v) is 5.40. The minimum Gasteiger partial charge on any atom is -0.436 e. The molecule has 0 spiro atoms. The zero-order valence-electron chi connectivity index (χ0n) is 9.21. The Hall–Kier alpha value is -2.41. The summed E-state index contributed by atoms with van der Waals surface area (Å²) in [6.07, 6.45) is 0. The summed E-state index contributed by atoms with van der Waals surface area (Å²) in [5, 5.41) is 4.51. The molecule has 0 aliphatic heterocycles. The lowest BCUT2D eigenvalue weighted by molar-refractivity contribution is 0.0996. The molecule has 0 saturated carbocycles. The maximum absolute atomic E-state index is 11.3. The molecule has 0 aliphatic carbocycles. The average molecular weight is 262 g/mol. The molecule has 1 amide bonds. The Labute approximate surface area is 107 Å². The van der Waals surface area contributed by atoms with E-state index in [0.29, 0.717) is 5.58 Å². The third-order valence-electron chi connectivity index (χ3n) is 2.19. The molecule has 2 rings (SSSR count). The summed E-state index contributed by atoms with van der Waals surface area (Å²) in [7, 11) is 0. The van der Waals surface area contributed by atoms with Crippen LogP contribution in [0.15, 0.2) is 39.9 Å². The topological polar surface area (TPSA) is 107 Å². The van der Waals surface area contributed by atoms with Gasteiger partial charge in [0.1, 0.15) is 11.1 Å². The first kappa shape index (κ1) is 12.1. The van der Waals surface area contributed by atoms with Crippen LogP contribution in [0.4, 0.5) is 0 Å². The summed E-state index contributed by atoms with van der Waals surface area (Å²) in [6.45, 7) is 0. The van der Waals surface area contributed by atoms with Crippen molar-refractivity contribution in [1.82, 2.24) is 5.43 Å². The number of benzene rings is 1. The summed E-state index contributed by atoms with van der Waals surface area (Å²) >= 11 is 4.61. The molecule has 0 saturated heterocycles. The number of nitrogens with one attached hydrogen (secondary N) is 1. The van der Waals surface area contributed by atoms with Gasteiger partial charge >= 0.3 is 0 Å². The number of carbonyl (C=O) groups excluding carboxylic acids is 1. The van der Waals surface area contributed by atoms with Gasteiger partial charge < -0.3 is 15.9 Å². The number of nitrogens with two attached hydrogens (primary N) is 2. The van der Waals surface area contributed by atoms with Gasteiger partial charge in [-0.2, -0.15) is 0 Å². The number of thiocarbonyl (C=S) groups is 1. The predicted molar refractivity (Wildman–Crippen MR) is 70.2 cm³/mol. The van der Waals surface area contributed by atoms with Crippen LogP contribution in [-0.2, 0) is 0 Å². The lowest BCUT2D eigenvalue weighted by atomic mass is 10.2. The summed E-state index contributed by atoms with van der Waals surface area (Å²) < 4.78 is 5.46. The number of amides is 1. The lowest BCUT2D eigenvalue weighted by Gasteiger charge is -2.01. The number of nitrogens with zero attached hydrogens (tertiary/aromatic N) is 1. The van der Waals surface area contributed by atoms with E-state index in [2.05, 4.69) is 22.7 Å². The second kappa shape index (κ2) is 4.84. The van der Waals surface area contributed by atoms with Crippen molar-refractivity contribution >= 4 is 34.2 Å². The van der Waals surface area contributed by atoms with Crippen LogP contribution < -0.4 is 22.4 Å². The van der Waals surface area contributed by atoms with E-state index in [-0.39, 0.29) is 16.2 Å². The molecule has 92 valence electrons. The second-order valence-corrected chi connectivity index (χ2v) is 3.89. The highest BCUT2D eigenvalue weighted by molar-refractivity contribution is 7.80. The van der Waals surface area contributed by atoms with E-state index >= 15 is 0 Å². The average Bonchev–Trinajstić information content (AvgIpc) is 2.35. The van der Waals surface area contributed by atoms with Gasteiger partial charge in [-0.05, 0) is 24.4 Å². The van der Waals surface area contributed by atoms with Gasteiger partial charge in [0.2, 0.25) is 5.55 Å². The molecule has 7 heteroatoms. The minimum atomic E-state index is -0.645. The molecule has 1 aromatic carbocycles. The van der Waals surface area contributed by atoms with E-state index in [1.54, 1.807) is 24.3 Å². The van der Waals surface area contributed by atoms with Gasteiger partial charge in [0.05, 0.1) is 0 Å². The standard InChI is InChI=1S/C11H10N4O2S/c12-9(16)7-5-6-3-1-2-4-8(6)17-10(7)14-15-11(13)18/h1-5H,(H2,12,16)(H3,13,15,18). The van der Waals surface area contributed by atoms with Gasteiger partial charge in [0.15, 0.2) is 5.11 Å². The first-order chi connectivity index (χ1) is 8.58. The highest BCUT2D eigenvalue weighted by Gasteiger charge is 2.08. The normalized spacial score (nSPS) is 11.4. The van der Waals surface area contributed by atoms with Crippen LogP contribution in [0.25, 0.3) is 11.0 Å². The van der Waals surface area contributed by atoms with Gasteiger partial charge in [-0.3, -0.25) is 10.2 Å². The number of fused-ring (bicyclic) bond motifs is 1. The Balaban J connectivity index is 2.69. The van der Waals surface area contributed by atoms with Crippen molar-refractivity contribution < 1.29 is 9.21 Å². The van der Waals surface area contributed by atoms with E-state index < -0.39 is 5.91 Å². The largest absolute Gasteiger partial charge is 0.436 e. The quantitative estimate of drug-likeness (QED) is 0.528. The van der Waals surface area contributed by atoms with Crippen LogP contribution in [0, 0.1) is 0 Å². The second-order valence-electron chi connectivity index (χ2n) is 3.46. The summed E-state index contributed by atoms with van der Waals surface area (Å²) in [4.78, 5) is 11.3. The highest BCUT2D eigenvalue weighted by Crippen LogP contribution is 2.12. The van der Waals surface area contributed by atoms with Crippen LogP contribution in [0.2, 0.25) is 0 Å². The molecule has 0 atom stereocenters. The molecule has 0 fully saturated rings. The van der Waals surface area contributed by atoms with Crippen LogP contribution in [-0.4, -0.2) is 11.0 Å². The molecule has 0 bridgehead atoms. The van der Waals surface area contributed by atoms with E-state index in [0.717, 1.165) is 5.39 Å². The zero-order chi connectivity index (χ0) is 13.1. The number of rotatable bonds is 2. The third kappa shape index (κ3) is 2.46. The Bertz CT molecular complexity index is 693. The molecule has 0 unspecified atom stereocenters. The van der Waals surface area contributed by atoms with Crippen molar-refractivity contribution in [3.63, 3.8) is 0 Å². The van der Waals surface area contributed by atoms with E-state index in [1.807, 2.05) is 6.07 Å². The molecular formula is C11H10N4O2S. The van der Waals surface area contributed by atoms with Gasteiger partial charge in [0.25, 0.3) is 5.91 Å². The highest BCUT2D eigenvalue weighted by atomic mass is 32.1. The fraction of sp³-hybridized carbons (Fsp3) is 0. The van der Waals surface area contributed by atoms with Crippen LogP contribution in [0.3, 0.4) is 0 Å². The SMILES string of the molecule is NC(=O)c1cc2ccccc2oc1=NNC(N)=S. The van der Waals surface area contributed by atoms with Crippen LogP contribution >= 0.6 is 12.2 Å². The van der Waals surface area contributed by atoms with Crippen molar-refractivity contribution in [2.45, 2.75) is 0 Å². The Morgan fingerprint density at radius 1 is 1.33 bits per heavy atom. The fourth-order valence-corrected chi connectivity index (χ4v) is 1.48. The number of para-hydroxylation sites is 1. The van der Waals surface area contributed by atoms with Gasteiger partial charge in [-0.15, -0.1) is 5.10 Å². The maximum atomic E-state index is 11.3. The number of carbonyl (C=O) groups is 1. The molecular weight excluding hydrogens is 252 g/mol. The predicted octanol–water partition coefficient (Wildman–Crippen LogP) is 0.181. The smallest absolute Gasteiger partial charge is 0.254 e. The maximum Gasteiger partial charge on any atom is 0.254 e. The van der Waals surface area contributed by atoms with Gasteiger partial charge in [-0.25, -0.2) is 0 Å². The zero-order valence-corrected chi connectivity index (χ0v) is 10.0. The van der Waals surface area contributed by atoms with Gasteiger partial charge in [0, 0.05) is 5.39 Å². The Morgan fingerprint density at radius 2 is 2.06 bits per heavy atom. The molecule has 0 radical (unpaired) electrons. The van der Waals surface area contributed by atoms with Crippen molar-refractivity contribution in [3.8, 4) is 0 Å². The van der Waals surface area contributed by atoms with E-state index in [9.17, 15) is 4.79 Å². The number of hydrogen-bond acceptors (Lipinski definition) is 4. The molecule has 6 nitrogen and oxygen atoms in total. The molecule has 5 N–H and O–H groups in total. The Kier molecular flexibility index (Phi) is 3.24. The van der Waals surface area contributed by atoms with Crippen molar-refractivity contribution in [1.29, 1.82) is 0 Å². The third-order valence-corrected chi connectivity index (χ3v) is 2.28. The molecule has 2 aromatic rings. The van der Waals surface area contributed by atoms with Crippen molar-refractivity contribution in [2.24, 2.45) is 16.6 Å².